The molecule has 0 bridgehead atoms. The highest BCUT2D eigenvalue weighted by Gasteiger charge is 2.30. The van der Waals surface area contributed by atoms with Gasteiger partial charge in [-0.2, -0.15) is 5.26 Å². The van der Waals surface area contributed by atoms with E-state index in [1.807, 2.05) is 12.1 Å². The van der Waals surface area contributed by atoms with E-state index in [4.69, 9.17) is 5.26 Å². The van der Waals surface area contributed by atoms with Crippen LogP contribution in [-0.4, -0.2) is 25.5 Å². The molecule has 0 aliphatic carbocycles. The number of anilines is 1. The number of nitrogens with zero attached hydrogens (tertiary/aromatic N) is 2. The minimum Gasteiger partial charge on any atom is -0.359 e. The number of hydrogen-bond donors (Lipinski definition) is 1. The van der Waals surface area contributed by atoms with Crippen molar-refractivity contribution in [1.29, 1.82) is 5.26 Å². The molecule has 1 aliphatic rings. The average Bonchev–Trinajstić information content (AvgIpc) is 2.86. The van der Waals surface area contributed by atoms with E-state index in [-0.39, 0.29) is 11.9 Å². The summed E-state index contributed by atoms with van der Waals surface area (Å²) in [6, 6.07) is 7.55. The van der Waals surface area contributed by atoms with Crippen LogP contribution < -0.4 is 10.2 Å². The summed E-state index contributed by atoms with van der Waals surface area (Å²) < 4.78 is 0.860. The second-order valence-electron chi connectivity index (χ2n) is 4.28. The van der Waals surface area contributed by atoms with Crippen molar-refractivity contribution in [3.63, 3.8) is 0 Å². The van der Waals surface area contributed by atoms with Crippen molar-refractivity contribution in [3.05, 3.63) is 28.2 Å². The van der Waals surface area contributed by atoms with E-state index in [1.165, 1.54) is 0 Å². The van der Waals surface area contributed by atoms with E-state index in [0.29, 0.717) is 5.56 Å². The fraction of sp³-hybridized carbons (Fsp3) is 0.385. The van der Waals surface area contributed by atoms with Crippen molar-refractivity contribution in [2.75, 3.05) is 18.5 Å². The van der Waals surface area contributed by atoms with Crippen LogP contribution in [0.25, 0.3) is 0 Å². The van der Waals surface area contributed by atoms with Crippen molar-refractivity contribution in [2.45, 2.75) is 18.9 Å². The van der Waals surface area contributed by atoms with Gasteiger partial charge in [0, 0.05) is 23.8 Å². The summed E-state index contributed by atoms with van der Waals surface area (Å²) in [4.78, 5) is 13.9. The van der Waals surface area contributed by atoms with Crippen LogP contribution in [0, 0.1) is 11.3 Å². The molecule has 1 N–H and O–H groups in total. The second-order valence-corrected chi connectivity index (χ2v) is 5.19. The molecular formula is C13H14BrN3O. The van der Waals surface area contributed by atoms with Crippen molar-refractivity contribution >= 4 is 27.5 Å². The van der Waals surface area contributed by atoms with Crippen LogP contribution in [0.15, 0.2) is 22.7 Å². The Morgan fingerprint density at radius 2 is 2.33 bits per heavy atom. The summed E-state index contributed by atoms with van der Waals surface area (Å²) in [6.07, 6.45) is 1.85. The first kappa shape index (κ1) is 12.9. The van der Waals surface area contributed by atoms with Gasteiger partial charge in [-0.05, 0) is 31.0 Å². The summed E-state index contributed by atoms with van der Waals surface area (Å²) in [6.45, 7) is 0.847. The number of nitriles is 1. The van der Waals surface area contributed by atoms with E-state index in [9.17, 15) is 4.79 Å². The maximum absolute atomic E-state index is 11.8. The molecule has 1 atom stereocenters. The van der Waals surface area contributed by atoms with Gasteiger partial charge in [0.05, 0.1) is 11.6 Å². The molecule has 1 heterocycles. The van der Waals surface area contributed by atoms with Crippen LogP contribution in [0.4, 0.5) is 5.69 Å². The fourth-order valence-electron chi connectivity index (χ4n) is 2.32. The number of nitrogens with one attached hydrogen (secondary N) is 1. The molecule has 0 aromatic heterocycles. The molecule has 0 radical (unpaired) electrons. The minimum absolute atomic E-state index is 0.0333. The van der Waals surface area contributed by atoms with Gasteiger partial charge in [-0.25, -0.2) is 0 Å². The number of rotatable bonds is 2. The SMILES string of the molecule is CNC(=O)C1CCCN1c1cc(Br)cc(C#N)c1. The van der Waals surface area contributed by atoms with Gasteiger partial charge in [0.1, 0.15) is 6.04 Å². The van der Waals surface area contributed by atoms with Crippen LogP contribution in [0.5, 0.6) is 0 Å². The highest BCUT2D eigenvalue weighted by atomic mass is 79.9. The number of hydrogen-bond acceptors (Lipinski definition) is 3. The van der Waals surface area contributed by atoms with Gasteiger partial charge in [0.2, 0.25) is 5.91 Å². The van der Waals surface area contributed by atoms with Gasteiger partial charge >= 0.3 is 0 Å². The first-order valence-corrected chi connectivity index (χ1v) is 6.64. The summed E-state index contributed by atoms with van der Waals surface area (Å²) in [5, 5.41) is 11.7. The zero-order valence-corrected chi connectivity index (χ0v) is 11.7. The Hall–Kier alpha value is -1.54. The molecule has 5 heteroatoms. The molecule has 1 aromatic carbocycles. The normalized spacial score (nSPS) is 18.5. The Bertz CT molecular complexity index is 509. The third kappa shape index (κ3) is 2.49. The molecule has 0 spiro atoms. The molecular weight excluding hydrogens is 294 g/mol. The molecule has 1 aromatic rings. The lowest BCUT2D eigenvalue weighted by Crippen LogP contribution is -2.42. The first-order valence-electron chi connectivity index (χ1n) is 5.84. The molecule has 18 heavy (non-hydrogen) atoms. The molecule has 1 fully saturated rings. The molecule has 94 valence electrons. The molecule has 1 saturated heterocycles. The highest BCUT2D eigenvalue weighted by Crippen LogP contribution is 2.29. The third-order valence-corrected chi connectivity index (χ3v) is 3.60. The van der Waals surface area contributed by atoms with E-state index in [2.05, 4.69) is 32.2 Å². The van der Waals surface area contributed by atoms with Crippen molar-refractivity contribution < 1.29 is 4.79 Å². The first-order chi connectivity index (χ1) is 8.65. The van der Waals surface area contributed by atoms with Gasteiger partial charge in [0.25, 0.3) is 0 Å². The zero-order chi connectivity index (χ0) is 13.1. The van der Waals surface area contributed by atoms with Crippen LogP contribution >= 0.6 is 15.9 Å². The average molecular weight is 308 g/mol. The Balaban J connectivity index is 2.33. The van der Waals surface area contributed by atoms with E-state index in [0.717, 1.165) is 29.5 Å². The number of likely N-dealkylation sites (N-methyl/N-ethyl adjacent to an activating group) is 1. The maximum atomic E-state index is 11.8. The Morgan fingerprint density at radius 3 is 3.00 bits per heavy atom. The van der Waals surface area contributed by atoms with E-state index >= 15 is 0 Å². The lowest BCUT2D eigenvalue weighted by molar-refractivity contribution is -0.121. The number of halogens is 1. The van der Waals surface area contributed by atoms with Crippen molar-refractivity contribution in [3.8, 4) is 6.07 Å². The fourth-order valence-corrected chi connectivity index (χ4v) is 2.80. The van der Waals surface area contributed by atoms with Crippen molar-refractivity contribution in [1.82, 2.24) is 5.32 Å². The smallest absolute Gasteiger partial charge is 0.242 e. The third-order valence-electron chi connectivity index (χ3n) is 3.15. The topological polar surface area (TPSA) is 56.1 Å². The molecule has 2 rings (SSSR count). The molecule has 0 saturated carbocycles. The van der Waals surface area contributed by atoms with Gasteiger partial charge < -0.3 is 10.2 Å². The lowest BCUT2D eigenvalue weighted by atomic mass is 10.1. The van der Waals surface area contributed by atoms with Gasteiger partial charge in [-0.3, -0.25) is 4.79 Å². The van der Waals surface area contributed by atoms with Crippen LogP contribution in [-0.2, 0) is 4.79 Å². The molecule has 1 amide bonds. The number of carbonyl (C=O) groups excluding carboxylic acids is 1. The quantitative estimate of drug-likeness (QED) is 0.909. The monoisotopic (exact) mass is 307 g/mol. The van der Waals surface area contributed by atoms with E-state index < -0.39 is 0 Å². The summed E-state index contributed by atoms with van der Waals surface area (Å²) in [7, 11) is 1.65. The lowest BCUT2D eigenvalue weighted by Gasteiger charge is -2.25. The zero-order valence-electron chi connectivity index (χ0n) is 10.1. The van der Waals surface area contributed by atoms with Gasteiger partial charge in [-0.1, -0.05) is 15.9 Å². The summed E-state index contributed by atoms with van der Waals surface area (Å²) in [5.41, 5.74) is 1.52. The predicted octanol–water partition coefficient (Wildman–Crippen LogP) is 2.04. The Labute approximate surface area is 115 Å². The summed E-state index contributed by atoms with van der Waals surface area (Å²) in [5.74, 6) is 0.0333. The molecule has 1 aliphatic heterocycles. The number of amides is 1. The minimum atomic E-state index is -0.129. The number of benzene rings is 1. The van der Waals surface area contributed by atoms with Crippen LogP contribution in [0.2, 0.25) is 0 Å². The summed E-state index contributed by atoms with van der Waals surface area (Å²) >= 11 is 3.40. The van der Waals surface area contributed by atoms with Crippen molar-refractivity contribution in [2.24, 2.45) is 0 Å². The predicted molar refractivity (Wildman–Crippen MR) is 73.3 cm³/mol. The molecule has 4 nitrogen and oxygen atoms in total. The number of carbonyl (C=O) groups is 1. The van der Waals surface area contributed by atoms with Crippen LogP contribution in [0.3, 0.4) is 0 Å². The largest absolute Gasteiger partial charge is 0.359 e. The Kier molecular flexibility index (Phi) is 3.87. The second kappa shape index (κ2) is 5.40. The standard InChI is InChI=1S/C13H14BrN3O/c1-16-13(18)12-3-2-4-17(12)11-6-9(8-15)5-10(14)7-11/h5-7,12H,2-4H2,1H3,(H,16,18). The van der Waals surface area contributed by atoms with E-state index in [1.54, 1.807) is 13.1 Å². The van der Waals surface area contributed by atoms with Crippen LogP contribution in [0.1, 0.15) is 18.4 Å². The molecule has 1 unspecified atom stereocenters. The highest BCUT2D eigenvalue weighted by molar-refractivity contribution is 9.10. The Morgan fingerprint density at radius 1 is 1.56 bits per heavy atom. The maximum Gasteiger partial charge on any atom is 0.242 e. The van der Waals surface area contributed by atoms with Gasteiger partial charge in [-0.15, -0.1) is 0 Å². The van der Waals surface area contributed by atoms with Gasteiger partial charge in [0.15, 0.2) is 0 Å².